The zero-order valence-corrected chi connectivity index (χ0v) is 17.9. The minimum absolute atomic E-state index is 0.0485. The van der Waals surface area contributed by atoms with Crippen LogP contribution >= 0.6 is 0 Å². The summed E-state index contributed by atoms with van der Waals surface area (Å²) in [6, 6.07) is 16.8. The number of hydrogen-bond acceptors (Lipinski definition) is 4. The Balaban J connectivity index is 1.47. The molecular formula is C25H30N2O4. The Morgan fingerprint density at radius 2 is 1.81 bits per heavy atom. The van der Waals surface area contributed by atoms with E-state index in [1.54, 1.807) is 0 Å². The number of nitrogens with one attached hydrogen (secondary N) is 1. The summed E-state index contributed by atoms with van der Waals surface area (Å²) < 4.78 is 5.81. The molecule has 0 aromatic heterocycles. The van der Waals surface area contributed by atoms with E-state index in [4.69, 9.17) is 9.84 Å². The quantitative estimate of drug-likeness (QED) is 0.661. The second-order valence-corrected chi connectivity index (χ2v) is 8.67. The summed E-state index contributed by atoms with van der Waals surface area (Å²) >= 11 is 0. The number of fused-ring (bicyclic) bond motifs is 2. The van der Waals surface area contributed by atoms with Crippen LogP contribution in [0.15, 0.2) is 48.5 Å². The molecule has 2 heterocycles. The molecule has 0 radical (unpaired) electrons. The third-order valence-corrected chi connectivity index (χ3v) is 6.59. The molecule has 2 N–H and O–H groups in total. The molecule has 2 aliphatic heterocycles. The fraction of sp³-hybridized carbons (Fsp3) is 0.440. The highest BCUT2D eigenvalue weighted by atomic mass is 16.6. The molecule has 4 rings (SSSR count). The first-order valence-corrected chi connectivity index (χ1v) is 11.1. The SMILES string of the molecule is CN1[C@@H]2CC[C@H]1C[C@@H](OC(=O)Nc1cc(CCCC(=O)O)ccc1-c1ccccc1)C2. The van der Waals surface area contributed by atoms with Gasteiger partial charge in [-0.1, -0.05) is 42.5 Å². The van der Waals surface area contributed by atoms with Crippen molar-refractivity contribution in [3.8, 4) is 11.1 Å². The topological polar surface area (TPSA) is 78.9 Å². The fourth-order valence-electron chi connectivity index (χ4n) is 4.91. The number of aliphatic carboxylic acids is 1. The van der Waals surface area contributed by atoms with E-state index in [-0.39, 0.29) is 12.5 Å². The average Bonchev–Trinajstić information content (AvgIpc) is 2.95. The third kappa shape index (κ3) is 5.25. The fourth-order valence-corrected chi connectivity index (χ4v) is 4.91. The number of benzene rings is 2. The van der Waals surface area contributed by atoms with Gasteiger partial charge in [0.2, 0.25) is 0 Å². The zero-order valence-electron chi connectivity index (χ0n) is 17.9. The monoisotopic (exact) mass is 422 g/mol. The van der Waals surface area contributed by atoms with Crippen molar-refractivity contribution in [2.45, 2.75) is 63.1 Å². The van der Waals surface area contributed by atoms with Crippen LogP contribution in [0.4, 0.5) is 10.5 Å². The Labute approximate surface area is 183 Å². The van der Waals surface area contributed by atoms with E-state index < -0.39 is 12.1 Å². The van der Waals surface area contributed by atoms with E-state index in [1.165, 1.54) is 12.8 Å². The zero-order chi connectivity index (χ0) is 21.8. The van der Waals surface area contributed by atoms with Crippen LogP contribution in [0.25, 0.3) is 11.1 Å². The number of ether oxygens (including phenoxy) is 1. The molecule has 164 valence electrons. The summed E-state index contributed by atoms with van der Waals surface area (Å²) in [6.07, 6.45) is 5.00. The van der Waals surface area contributed by atoms with E-state index in [9.17, 15) is 9.59 Å². The third-order valence-electron chi connectivity index (χ3n) is 6.59. The predicted octanol–water partition coefficient (Wildman–Crippen LogP) is 4.93. The van der Waals surface area contributed by atoms with Gasteiger partial charge in [0.15, 0.2) is 0 Å². The van der Waals surface area contributed by atoms with Crippen LogP contribution < -0.4 is 5.32 Å². The van der Waals surface area contributed by atoms with Crippen LogP contribution in [-0.4, -0.2) is 47.3 Å². The van der Waals surface area contributed by atoms with E-state index in [2.05, 4.69) is 17.3 Å². The number of hydrogen-bond donors (Lipinski definition) is 2. The molecule has 31 heavy (non-hydrogen) atoms. The van der Waals surface area contributed by atoms with Crippen molar-refractivity contribution in [1.82, 2.24) is 4.90 Å². The highest BCUT2D eigenvalue weighted by Crippen LogP contribution is 2.36. The molecule has 0 aliphatic carbocycles. The number of rotatable bonds is 7. The van der Waals surface area contributed by atoms with Gasteiger partial charge in [0, 0.05) is 36.9 Å². The lowest BCUT2D eigenvalue weighted by atomic mass is 9.99. The van der Waals surface area contributed by atoms with Crippen LogP contribution in [0, 0.1) is 0 Å². The summed E-state index contributed by atoms with van der Waals surface area (Å²) in [6.45, 7) is 0. The number of nitrogens with zero attached hydrogens (tertiary/aromatic N) is 1. The molecular weight excluding hydrogens is 392 g/mol. The van der Waals surface area contributed by atoms with Crippen LogP contribution in [0.3, 0.4) is 0 Å². The van der Waals surface area contributed by atoms with Gasteiger partial charge in [0.1, 0.15) is 6.10 Å². The average molecular weight is 423 g/mol. The smallest absolute Gasteiger partial charge is 0.411 e. The Morgan fingerprint density at radius 3 is 2.48 bits per heavy atom. The van der Waals surface area contributed by atoms with E-state index in [1.807, 2.05) is 48.5 Å². The molecule has 6 nitrogen and oxygen atoms in total. The molecule has 0 saturated carbocycles. The standard InChI is InChI=1S/C25H30N2O4/c1-27-19-11-12-20(27)16-21(15-19)31-25(30)26-23-14-17(6-5-9-24(28)29)10-13-22(23)18-7-3-2-4-8-18/h2-4,7-8,10,13-14,19-21H,5-6,9,11-12,15-16H2,1H3,(H,26,30)(H,28,29)/t19-,20+,21+. The van der Waals surface area contributed by atoms with Crippen molar-refractivity contribution in [1.29, 1.82) is 0 Å². The van der Waals surface area contributed by atoms with Gasteiger partial charge in [0.05, 0.1) is 5.69 Å². The summed E-state index contributed by atoms with van der Waals surface area (Å²) in [5.41, 5.74) is 3.61. The summed E-state index contributed by atoms with van der Waals surface area (Å²) in [5.74, 6) is -0.796. The number of anilines is 1. The predicted molar refractivity (Wildman–Crippen MR) is 120 cm³/mol. The Kier molecular flexibility index (Phi) is 6.56. The number of carbonyl (C=O) groups excluding carboxylic acids is 1. The van der Waals surface area contributed by atoms with Gasteiger partial charge in [-0.3, -0.25) is 10.1 Å². The van der Waals surface area contributed by atoms with Crippen molar-refractivity contribution >= 4 is 17.7 Å². The van der Waals surface area contributed by atoms with Crippen molar-refractivity contribution in [3.63, 3.8) is 0 Å². The van der Waals surface area contributed by atoms with Crippen molar-refractivity contribution in [3.05, 3.63) is 54.1 Å². The first-order valence-electron chi connectivity index (χ1n) is 11.1. The number of carbonyl (C=O) groups is 2. The Hall–Kier alpha value is -2.86. The molecule has 2 aliphatic rings. The summed E-state index contributed by atoms with van der Waals surface area (Å²) in [5, 5.41) is 11.9. The van der Waals surface area contributed by atoms with Gasteiger partial charge in [0.25, 0.3) is 0 Å². The largest absolute Gasteiger partial charge is 0.481 e. The maximum Gasteiger partial charge on any atom is 0.411 e. The van der Waals surface area contributed by atoms with Crippen LogP contribution in [-0.2, 0) is 16.0 Å². The molecule has 2 fully saturated rings. The molecule has 2 saturated heterocycles. The molecule has 0 unspecified atom stereocenters. The van der Waals surface area contributed by atoms with Gasteiger partial charge < -0.3 is 14.7 Å². The van der Waals surface area contributed by atoms with Gasteiger partial charge in [-0.25, -0.2) is 4.79 Å². The van der Waals surface area contributed by atoms with Gasteiger partial charge >= 0.3 is 12.1 Å². The Morgan fingerprint density at radius 1 is 1.10 bits per heavy atom. The van der Waals surface area contributed by atoms with Crippen LogP contribution in [0.1, 0.15) is 44.1 Å². The highest BCUT2D eigenvalue weighted by molar-refractivity contribution is 5.91. The van der Waals surface area contributed by atoms with E-state index in [0.717, 1.165) is 29.5 Å². The van der Waals surface area contributed by atoms with Crippen molar-refractivity contribution in [2.75, 3.05) is 12.4 Å². The lowest BCUT2D eigenvalue weighted by molar-refractivity contribution is -0.137. The minimum atomic E-state index is -0.796. The molecule has 0 spiro atoms. The summed E-state index contributed by atoms with van der Waals surface area (Å²) in [4.78, 5) is 26.0. The number of piperidine rings is 1. The number of aryl methyl sites for hydroxylation is 1. The lowest BCUT2D eigenvalue weighted by Gasteiger charge is -2.35. The Bertz CT molecular complexity index is 916. The molecule has 2 aromatic carbocycles. The molecule has 2 aromatic rings. The van der Waals surface area contributed by atoms with Crippen LogP contribution in [0.5, 0.6) is 0 Å². The highest BCUT2D eigenvalue weighted by Gasteiger charge is 2.39. The minimum Gasteiger partial charge on any atom is -0.481 e. The second kappa shape index (κ2) is 9.52. The van der Waals surface area contributed by atoms with E-state index >= 15 is 0 Å². The maximum absolute atomic E-state index is 12.8. The molecule has 1 amide bonds. The molecule has 6 heteroatoms. The second-order valence-electron chi connectivity index (χ2n) is 8.67. The lowest BCUT2D eigenvalue weighted by Crippen LogP contribution is -2.43. The number of amides is 1. The molecule has 2 bridgehead atoms. The van der Waals surface area contributed by atoms with Gasteiger partial charge in [-0.15, -0.1) is 0 Å². The number of carboxylic acids is 1. The van der Waals surface area contributed by atoms with Crippen molar-refractivity contribution < 1.29 is 19.4 Å². The van der Waals surface area contributed by atoms with Gasteiger partial charge in [-0.05, 0) is 49.9 Å². The number of carboxylic acid groups (broad SMARTS) is 1. The normalized spacial score (nSPS) is 22.8. The van der Waals surface area contributed by atoms with Gasteiger partial charge in [-0.2, -0.15) is 0 Å². The van der Waals surface area contributed by atoms with E-state index in [0.29, 0.717) is 30.6 Å². The maximum atomic E-state index is 12.8. The first-order chi connectivity index (χ1) is 15.0. The summed E-state index contributed by atoms with van der Waals surface area (Å²) in [7, 11) is 2.17. The van der Waals surface area contributed by atoms with Crippen LogP contribution in [0.2, 0.25) is 0 Å². The first kappa shape index (κ1) is 21.4. The molecule has 3 atom stereocenters. The van der Waals surface area contributed by atoms with Crippen molar-refractivity contribution in [2.24, 2.45) is 0 Å².